The van der Waals surface area contributed by atoms with Crippen molar-refractivity contribution in [3.8, 4) is 0 Å². The monoisotopic (exact) mass is 276 g/mol. The van der Waals surface area contributed by atoms with E-state index in [1.165, 1.54) is 24.0 Å². The molecule has 1 fully saturated rings. The fourth-order valence-corrected chi connectivity index (χ4v) is 2.35. The zero-order chi connectivity index (χ0) is 14.2. The van der Waals surface area contributed by atoms with Crippen molar-refractivity contribution < 1.29 is 4.74 Å². The number of ether oxygens (including phenoxy) is 1. The Bertz CT molecular complexity index is 373. The topological polar surface area (TPSA) is 24.5 Å². The Kier molecular flexibility index (Phi) is 6.51. The lowest BCUT2D eigenvalue weighted by atomic mass is 10.1. The second-order valence-corrected chi connectivity index (χ2v) is 5.66. The molecule has 3 nitrogen and oxygen atoms in total. The smallest absolute Gasteiger partial charge is 0.0589 e. The summed E-state index contributed by atoms with van der Waals surface area (Å²) >= 11 is 0. The van der Waals surface area contributed by atoms with Gasteiger partial charge in [-0.1, -0.05) is 31.2 Å². The summed E-state index contributed by atoms with van der Waals surface area (Å²) in [6, 6.07) is 9.89. The van der Waals surface area contributed by atoms with E-state index in [0.29, 0.717) is 0 Å². The lowest BCUT2D eigenvalue weighted by Crippen LogP contribution is -2.26. The zero-order valence-electron chi connectivity index (χ0n) is 12.9. The van der Waals surface area contributed by atoms with Gasteiger partial charge in [-0.15, -0.1) is 0 Å². The van der Waals surface area contributed by atoms with E-state index in [0.717, 1.165) is 45.2 Å². The number of benzene rings is 1. The first-order valence-electron chi connectivity index (χ1n) is 7.84. The first kappa shape index (κ1) is 15.5. The van der Waals surface area contributed by atoms with Gasteiger partial charge in [0.2, 0.25) is 0 Å². The summed E-state index contributed by atoms with van der Waals surface area (Å²) in [5.74, 6) is 0. The Balaban J connectivity index is 1.74. The highest BCUT2D eigenvalue weighted by molar-refractivity contribution is 5.22. The molecule has 0 amide bonds. The maximum Gasteiger partial charge on any atom is 0.0589 e. The molecule has 0 heterocycles. The van der Waals surface area contributed by atoms with Gasteiger partial charge in [0.05, 0.1) is 6.61 Å². The summed E-state index contributed by atoms with van der Waals surface area (Å²) < 4.78 is 5.15. The molecule has 0 aromatic heterocycles. The Morgan fingerprint density at radius 1 is 1.20 bits per heavy atom. The molecule has 0 radical (unpaired) electrons. The van der Waals surface area contributed by atoms with Crippen LogP contribution in [0.1, 0.15) is 30.9 Å². The molecular formula is C17H28N2O. The van der Waals surface area contributed by atoms with Crippen LogP contribution in [0.15, 0.2) is 24.3 Å². The van der Waals surface area contributed by atoms with Crippen LogP contribution in [0.3, 0.4) is 0 Å². The minimum atomic E-state index is 0.804. The normalized spacial score (nSPS) is 14.9. The Labute approximate surface area is 123 Å². The molecule has 2 rings (SSSR count). The van der Waals surface area contributed by atoms with E-state index in [-0.39, 0.29) is 0 Å². The van der Waals surface area contributed by atoms with Gasteiger partial charge in [0.15, 0.2) is 0 Å². The molecule has 112 valence electrons. The molecule has 1 aliphatic rings. The number of nitrogens with one attached hydrogen (secondary N) is 1. The van der Waals surface area contributed by atoms with Crippen LogP contribution in [0, 0.1) is 0 Å². The second kappa shape index (κ2) is 8.40. The summed E-state index contributed by atoms with van der Waals surface area (Å²) in [5, 5.41) is 3.56. The highest BCUT2D eigenvalue weighted by Crippen LogP contribution is 2.18. The van der Waals surface area contributed by atoms with Gasteiger partial charge in [-0.05, 0) is 43.5 Å². The van der Waals surface area contributed by atoms with Gasteiger partial charge in [-0.25, -0.2) is 0 Å². The summed E-state index contributed by atoms with van der Waals surface area (Å²) in [6.45, 7) is 7.20. The molecule has 20 heavy (non-hydrogen) atoms. The second-order valence-electron chi connectivity index (χ2n) is 5.66. The van der Waals surface area contributed by atoms with Gasteiger partial charge < -0.3 is 10.1 Å². The number of likely N-dealkylation sites (N-methyl/N-ethyl adjacent to an activating group) is 1. The molecule has 0 aliphatic heterocycles. The molecule has 1 saturated carbocycles. The Morgan fingerprint density at radius 2 is 1.90 bits per heavy atom. The van der Waals surface area contributed by atoms with Crippen LogP contribution in [0.2, 0.25) is 0 Å². The van der Waals surface area contributed by atoms with E-state index in [2.05, 4.69) is 41.4 Å². The van der Waals surface area contributed by atoms with Gasteiger partial charge in [0.1, 0.15) is 0 Å². The molecule has 1 aliphatic carbocycles. The number of methoxy groups -OCH3 is 1. The van der Waals surface area contributed by atoms with Crippen molar-refractivity contribution in [2.75, 3.05) is 33.4 Å². The van der Waals surface area contributed by atoms with Crippen LogP contribution in [0.25, 0.3) is 0 Å². The van der Waals surface area contributed by atoms with E-state index in [9.17, 15) is 0 Å². The van der Waals surface area contributed by atoms with Gasteiger partial charge in [-0.3, -0.25) is 4.90 Å². The molecule has 0 atom stereocenters. The average Bonchev–Trinajstić information content (AvgIpc) is 3.29. The van der Waals surface area contributed by atoms with E-state index in [1.54, 1.807) is 7.11 Å². The van der Waals surface area contributed by atoms with E-state index in [4.69, 9.17) is 4.74 Å². The number of hydrogen-bond donors (Lipinski definition) is 1. The van der Waals surface area contributed by atoms with Crippen molar-refractivity contribution in [2.24, 2.45) is 0 Å². The first-order chi connectivity index (χ1) is 9.81. The lowest BCUT2D eigenvalue weighted by Gasteiger charge is -2.20. The van der Waals surface area contributed by atoms with Gasteiger partial charge in [-0.2, -0.15) is 0 Å². The predicted octanol–water partition coefficient (Wildman–Crippen LogP) is 2.45. The van der Waals surface area contributed by atoms with E-state index < -0.39 is 0 Å². The molecule has 3 heteroatoms. The largest absolute Gasteiger partial charge is 0.383 e. The van der Waals surface area contributed by atoms with Crippen LogP contribution < -0.4 is 5.32 Å². The maximum atomic E-state index is 5.15. The van der Waals surface area contributed by atoms with Crippen LogP contribution in [-0.2, 0) is 17.7 Å². The summed E-state index contributed by atoms with van der Waals surface area (Å²) in [5.41, 5.74) is 2.82. The molecule has 0 unspecified atom stereocenters. The van der Waals surface area contributed by atoms with Gasteiger partial charge >= 0.3 is 0 Å². The lowest BCUT2D eigenvalue weighted by molar-refractivity contribution is 0.147. The minimum Gasteiger partial charge on any atom is -0.383 e. The van der Waals surface area contributed by atoms with E-state index in [1.807, 2.05) is 0 Å². The summed E-state index contributed by atoms with van der Waals surface area (Å²) in [4.78, 5) is 2.41. The van der Waals surface area contributed by atoms with E-state index >= 15 is 0 Å². The molecule has 1 aromatic carbocycles. The highest BCUT2D eigenvalue weighted by atomic mass is 16.5. The molecular weight excluding hydrogens is 248 g/mol. The molecule has 0 bridgehead atoms. The summed E-state index contributed by atoms with van der Waals surface area (Å²) in [7, 11) is 1.76. The third kappa shape index (κ3) is 5.61. The van der Waals surface area contributed by atoms with Crippen molar-refractivity contribution in [2.45, 2.75) is 38.8 Å². The van der Waals surface area contributed by atoms with Gasteiger partial charge in [0.25, 0.3) is 0 Å². The standard InChI is InChI=1S/C17H28N2O/c1-3-19(12-13-20-2)14-16-6-4-15(5-7-16)10-11-18-17-8-9-17/h4-7,17-18H,3,8-14H2,1-2H3. The Hall–Kier alpha value is -0.900. The highest BCUT2D eigenvalue weighted by Gasteiger charge is 2.19. The molecule has 1 aromatic rings. The average molecular weight is 276 g/mol. The first-order valence-corrected chi connectivity index (χ1v) is 7.84. The molecule has 0 spiro atoms. The number of hydrogen-bond acceptors (Lipinski definition) is 3. The predicted molar refractivity (Wildman–Crippen MR) is 84.0 cm³/mol. The molecule has 0 saturated heterocycles. The van der Waals surface area contributed by atoms with Crippen LogP contribution in [0.4, 0.5) is 0 Å². The third-order valence-corrected chi connectivity index (χ3v) is 3.91. The maximum absolute atomic E-state index is 5.15. The van der Waals surface area contributed by atoms with Crippen LogP contribution >= 0.6 is 0 Å². The fraction of sp³-hybridized carbons (Fsp3) is 0.647. The van der Waals surface area contributed by atoms with Crippen molar-refractivity contribution in [1.29, 1.82) is 0 Å². The Morgan fingerprint density at radius 3 is 2.50 bits per heavy atom. The van der Waals surface area contributed by atoms with Crippen molar-refractivity contribution in [3.05, 3.63) is 35.4 Å². The van der Waals surface area contributed by atoms with Crippen LogP contribution in [-0.4, -0.2) is 44.3 Å². The number of rotatable bonds is 10. The van der Waals surface area contributed by atoms with Crippen molar-refractivity contribution in [1.82, 2.24) is 10.2 Å². The summed E-state index contributed by atoms with van der Waals surface area (Å²) in [6.07, 6.45) is 3.87. The van der Waals surface area contributed by atoms with Gasteiger partial charge in [0, 0.05) is 26.2 Å². The minimum absolute atomic E-state index is 0.804. The zero-order valence-corrected chi connectivity index (χ0v) is 12.9. The molecule has 1 N–H and O–H groups in total. The quantitative estimate of drug-likeness (QED) is 0.710. The van der Waals surface area contributed by atoms with Crippen molar-refractivity contribution >= 4 is 0 Å². The van der Waals surface area contributed by atoms with Crippen LogP contribution in [0.5, 0.6) is 0 Å². The SMILES string of the molecule is CCN(CCOC)Cc1ccc(CCNC2CC2)cc1. The number of nitrogens with zero attached hydrogens (tertiary/aromatic N) is 1. The van der Waals surface area contributed by atoms with Crippen molar-refractivity contribution in [3.63, 3.8) is 0 Å². The fourth-order valence-electron chi connectivity index (χ4n) is 2.35. The third-order valence-electron chi connectivity index (χ3n) is 3.91.